The highest BCUT2D eigenvalue weighted by Crippen LogP contribution is 2.24. The number of nitrogens with two attached hydrogens (primary N) is 1. The van der Waals surface area contributed by atoms with Gasteiger partial charge in [0.1, 0.15) is 11.4 Å². The lowest BCUT2D eigenvalue weighted by Crippen LogP contribution is -2.16. The first-order valence-electron chi connectivity index (χ1n) is 5.29. The number of pyridine rings is 1. The fourth-order valence-electron chi connectivity index (χ4n) is 1.63. The van der Waals surface area contributed by atoms with Crippen LogP contribution in [-0.2, 0) is 0 Å². The summed E-state index contributed by atoms with van der Waals surface area (Å²) in [6, 6.07) is 9.54. The van der Waals surface area contributed by atoms with Gasteiger partial charge in [-0.05, 0) is 29.8 Å². The Morgan fingerprint density at radius 1 is 1.11 bits per heavy atom. The number of aromatic nitrogens is 1. The van der Waals surface area contributed by atoms with Gasteiger partial charge in [-0.1, -0.05) is 23.7 Å². The van der Waals surface area contributed by atoms with Gasteiger partial charge in [0, 0.05) is 10.6 Å². The first-order valence-corrected chi connectivity index (χ1v) is 5.67. The molecule has 0 fully saturated rings. The van der Waals surface area contributed by atoms with E-state index in [2.05, 4.69) is 4.98 Å². The van der Waals surface area contributed by atoms with Crippen molar-refractivity contribution < 1.29 is 14.7 Å². The van der Waals surface area contributed by atoms with Gasteiger partial charge in [0.25, 0.3) is 5.91 Å². The monoisotopic (exact) mass is 276 g/mol. The summed E-state index contributed by atoms with van der Waals surface area (Å²) in [4.78, 5) is 26.0. The summed E-state index contributed by atoms with van der Waals surface area (Å²) < 4.78 is 0. The van der Waals surface area contributed by atoms with E-state index in [9.17, 15) is 9.59 Å². The van der Waals surface area contributed by atoms with Gasteiger partial charge in [0.15, 0.2) is 0 Å². The molecule has 3 N–H and O–H groups in total. The van der Waals surface area contributed by atoms with Gasteiger partial charge in [0.05, 0.1) is 0 Å². The molecule has 0 atom stereocenters. The zero-order chi connectivity index (χ0) is 14.0. The number of nitrogens with zero attached hydrogens (tertiary/aromatic N) is 1. The molecule has 2 aromatic rings. The second-order valence-corrected chi connectivity index (χ2v) is 4.21. The van der Waals surface area contributed by atoms with Crippen LogP contribution in [0.3, 0.4) is 0 Å². The van der Waals surface area contributed by atoms with E-state index in [1.165, 1.54) is 12.1 Å². The molecule has 0 aliphatic carbocycles. The van der Waals surface area contributed by atoms with Crippen LogP contribution in [-0.4, -0.2) is 22.0 Å². The molecule has 0 aliphatic rings. The number of primary amides is 1. The van der Waals surface area contributed by atoms with Gasteiger partial charge >= 0.3 is 5.97 Å². The van der Waals surface area contributed by atoms with Crippen LogP contribution in [0.1, 0.15) is 21.0 Å². The summed E-state index contributed by atoms with van der Waals surface area (Å²) in [6.45, 7) is 0. The average Bonchev–Trinajstić information content (AvgIpc) is 2.38. The third-order valence-electron chi connectivity index (χ3n) is 2.50. The Labute approximate surface area is 113 Å². The lowest BCUT2D eigenvalue weighted by atomic mass is 10.0. The Kier molecular flexibility index (Phi) is 3.48. The molecule has 0 saturated heterocycles. The third kappa shape index (κ3) is 2.71. The van der Waals surface area contributed by atoms with E-state index in [1.54, 1.807) is 24.3 Å². The fourth-order valence-corrected chi connectivity index (χ4v) is 1.75. The maximum Gasteiger partial charge on any atom is 0.354 e. The summed E-state index contributed by atoms with van der Waals surface area (Å²) in [5.74, 6) is -2.00. The number of halogens is 1. The van der Waals surface area contributed by atoms with E-state index in [4.69, 9.17) is 22.4 Å². The van der Waals surface area contributed by atoms with Crippen molar-refractivity contribution in [2.24, 2.45) is 5.73 Å². The second kappa shape index (κ2) is 5.07. The van der Waals surface area contributed by atoms with Crippen LogP contribution in [0.2, 0.25) is 5.02 Å². The van der Waals surface area contributed by atoms with Crippen LogP contribution in [0.25, 0.3) is 11.1 Å². The van der Waals surface area contributed by atoms with Crippen molar-refractivity contribution in [1.29, 1.82) is 0 Å². The number of hydrogen-bond donors (Lipinski definition) is 2. The molecule has 0 aliphatic heterocycles. The molecule has 0 radical (unpaired) electrons. The van der Waals surface area contributed by atoms with Crippen LogP contribution < -0.4 is 5.73 Å². The molecule has 0 unspecified atom stereocenters. The molecule has 1 aromatic heterocycles. The van der Waals surface area contributed by atoms with Crippen LogP contribution in [0.5, 0.6) is 0 Å². The van der Waals surface area contributed by atoms with Crippen molar-refractivity contribution in [2.75, 3.05) is 0 Å². The molecule has 5 nitrogen and oxygen atoms in total. The summed E-state index contributed by atoms with van der Waals surface area (Å²) in [7, 11) is 0. The van der Waals surface area contributed by atoms with E-state index in [1.807, 2.05) is 0 Å². The number of aromatic carboxylic acids is 1. The smallest absolute Gasteiger partial charge is 0.354 e. The molecule has 96 valence electrons. The number of hydrogen-bond acceptors (Lipinski definition) is 3. The predicted molar refractivity (Wildman–Crippen MR) is 70.2 cm³/mol. The number of carboxylic acid groups (broad SMARTS) is 1. The molecular formula is C13H9ClN2O3. The Morgan fingerprint density at radius 2 is 1.74 bits per heavy atom. The van der Waals surface area contributed by atoms with Crippen molar-refractivity contribution in [1.82, 2.24) is 4.98 Å². The molecule has 0 spiro atoms. The first-order chi connectivity index (χ1) is 8.99. The van der Waals surface area contributed by atoms with Crippen molar-refractivity contribution in [2.45, 2.75) is 0 Å². The summed E-state index contributed by atoms with van der Waals surface area (Å²) in [6.07, 6.45) is 0. The Hall–Kier alpha value is -2.40. The van der Waals surface area contributed by atoms with Gasteiger partial charge in [-0.2, -0.15) is 0 Å². The minimum Gasteiger partial charge on any atom is -0.477 e. The van der Waals surface area contributed by atoms with E-state index in [0.717, 1.165) is 0 Å². The molecule has 1 amide bonds. The highest BCUT2D eigenvalue weighted by molar-refractivity contribution is 6.30. The van der Waals surface area contributed by atoms with Crippen molar-refractivity contribution in [3.8, 4) is 11.1 Å². The first kappa shape index (κ1) is 13.0. The lowest BCUT2D eigenvalue weighted by molar-refractivity contribution is 0.0690. The number of amides is 1. The van der Waals surface area contributed by atoms with Crippen molar-refractivity contribution in [3.05, 3.63) is 52.8 Å². The van der Waals surface area contributed by atoms with E-state index < -0.39 is 11.9 Å². The third-order valence-corrected chi connectivity index (χ3v) is 2.75. The minimum atomic E-state index is -1.22. The highest BCUT2D eigenvalue weighted by atomic mass is 35.5. The SMILES string of the molecule is NC(=O)c1nc(C(=O)O)ccc1-c1ccc(Cl)cc1. The molecule has 6 heteroatoms. The molecule has 0 bridgehead atoms. The summed E-state index contributed by atoms with van der Waals surface area (Å²) in [5.41, 5.74) is 6.07. The second-order valence-electron chi connectivity index (χ2n) is 3.77. The average molecular weight is 277 g/mol. The molecule has 0 saturated carbocycles. The number of carbonyl (C=O) groups excluding carboxylic acids is 1. The van der Waals surface area contributed by atoms with Crippen LogP contribution in [0.4, 0.5) is 0 Å². The van der Waals surface area contributed by atoms with Gasteiger partial charge < -0.3 is 10.8 Å². The number of benzene rings is 1. The molecular weight excluding hydrogens is 268 g/mol. The molecule has 1 aromatic carbocycles. The van der Waals surface area contributed by atoms with Crippen LogP contribution >= 0.6 is 11.6 Å². The van der Waals surface area contributed by atoms with Crippen molar-refractivity contribution in [3.63, 3.8) is 0 Å². The Balaban J connectivity index is 2.59. The standard InChI is InChI=1S/C13H9ClN2O3/c14-8-3-1-7(2-4-8)9-5-6-10(13(18)19)16-11(9)12(15)17/h1-6H,(H2,15,17)(H,18,19). The number of rotatable bonds is 3. The predicted octanol–water partition coefficient (Wildman–Crippen LogP) is 2.20. The van der Waals surface area contributed by atoms with Gasteiger partial charge in [-0.15, -0.1) is 0 Å². The fraction of sp³-hybridized carbons (Fsp3) is 0. The normalized spacial score (nSPS) is 10.2. The van der Waals surface area contributed by atoms with Gasteiger partial charge in [0.2, 0.25) is 0 Å². The minimum absolute atomic E-state index is 0.0813. The van der Waals surface area contributed by atoms with Crippen LogP contribution in [0, 0.1) is 0 Å². The number of carboxylic acids is 1. The lowest BCUT2D eigenvalue weighted by Gasteiger charge is -2.07. The molecule has 2 rings (SSSR count). The van der Waals surface area contributed by atoms with Gasteiger partial charge in [-0.3, -0.25) is 4.79 Å². The highest BCUT2D eigenvalue weighted by Gasteiger charge is 2.15. The van der Waals surface area contributed by atoms with E-state index >= 15 is 0 Å². The zero-order valence-corrected chi connectivity index (χ0v) is 10.4. The van der Waals surface area contributed by atoms with E-state index in [0.29, 0.717) is 16.1 Å². The molecule has 1 heterocycles. The topological polar surface area (TPSA) is 93.3 Å². The Morgan fingerprint density at radius 3 is 2.26 bits per heavy atom. The maximum atomic E-state index is 11.4. The summed E-state index contributed by atoms with van der Waals surface area (Å²) in [5, 5.41) is 9.41. The maximum absolute atomic E-state index is 11.4. The van der Waals surface area contributed by atoms with E-state index in [-0.39, 0.29) is 11.4 Å². The summed E-state index contributed by atoms with van der Waals surface area (Å²) >= 11 is 5.78. The van der Waals surface area contributed by atoms with Crippen LogP contribution in [0.15, 0.2) is 36.4 Å². The number of carbonyl (C=O) groups is 2. The quantitative estimate of drug-likeness (QED) is 0.898. The largest absolute Gasteiger partial charge is 0.477 e. The Bertz CT molecular complexity index is 653. The zero-order valence-electron chi connectivity index (χ0n) is 9.63. The molecule has 19 heavy (non-hydrogen) atoms. The van der Waals surface area contributed by atoms with Gasteiger partial charge in [-0.25, -0.2) is 9.78 Å². The van der Waals surface area contributed by atoms with Crippen molar-refractivity contribution >= 4 is 23.5 Å².